The van der Waals surface area contributed by atoms with E-state index in [1.807, 2.05) is 20.8 Å². The molecular formula is C19H33NO2. The van der Waals surface area contributed by atoms with Crippen molar-refractivity contribution < 1.29 is 9.53 Å². The Morgan fingerprint density at radius 1 is 1.23 bits per heavy atom. The Balaban J connectivity index is 2.48. The van der Waals surface area contributed by atoms with Crippen molar-refractivity contribution >= 4 is 6.09 Å². The van der Waals surface area contributed by atoms with Gasteiger partial charge in [0.25, 0.3) is 0 Å². The second-order valence-electron chi connectivity index (χ2n) is 7.25. The fraction of sp³-hybridized carbons (Fsp3) is 0.737. The van der Waals surface area contributed by atoms with Crippen LogP contribution in [-0.2, 0) is 4.74 Å². The molecule has 1 rings (SSSR count). The summed E-state index contributed by atoms with van der Waals surface area (Å²) in [7, 11) is 0. The van der Waals surface area contributed by atoms with Crippen LogP contribution in [-0.4, -0.2) is 18.2 Å². The molecule has 0 aromatic carbocycles. The van der Waals surface area contributed by atoms with Gasteiger partial charge in [-0.05, 0) is 50.9 Å². The first-order chi connectivity index (χ1) is 10.3. The predicted molar refractivity (Wildman–Crippen MR) is 92.7 cm³/mol. The van der Waals surface area contributed by atoms with Crippen LogP contribution in [0.4, 0.5) is 4.79 Å². The van der Waals surface area contributed by atoms with Crippen LogP contribution in [0.15, 0.2) is 24.8 Å². The zero-order chi connectivity index (χ0) is 16.8. The lowest BCUT2D eigenvalue weighted by molar-refractivity contribution is 0.0534. The SMILES string of the molecule is C=C[C@H]1C[C@@H](/C=C\CNC(=O)OC(C)(C)C)[C@@H](CC)[C@H]1CC. The van der Waals surface area contributed by atoms with Gasteiger partial charge in [0.2, 0.25) is 0 Å². The van der Waals surface area contributed by atoms with E-state index in [9.17, 15) is 4.79 Å². The summed E-state index contributed by atoms with van der Waals surface area (Å²) in [4.78, 5) is 11.6. The third kappa shape index (κ3) is 5.51. The Bertz CT molecular complexity index is 395. The van der Waals surface area contributed by atoms with Crippen molar-refractivity contribution in [1.82, 2.24) is 5.32 Å². The topological polar surface area (TPSA) is 38.3 Å². The van der Waals surface area contributed by atoms with E-state index in [0.717, 1.165) is 11.8 Å². The molecular weight excluding hydrogens is 274 g/mol. The molecule has 0 spiro atoms. The summed E-state index contributed by atoms with van der Waals surface area (Å²) in [5.41, 5.74) is -0.446. The highest BCUT2D eigenvalue weighted by Crippen LogP contribution is 2.46. The number of carbonyl (C=O) groups excluding carboxylic acids is 1. The van der Waals surface area contributed by atoms with Crippen LogP contribution in [0.5, 0.6) is 0 Å². The van der Waals surface area contributed by atoms with E-state index in [1.54, 1.807) is 0 Å². The molecule has 1 aliphatic rings. The number of nitrogens with one attached hydrogen (secondary N) is 1. The quantitative estimate of drug-likeness (QED) is 0.706. The molecule has 0 heterocycles. The lowest BCUT2D eigenvalue weighted by Gasteiger charge is -2.22. The monoisotopic (exact) mass is 307 g/mol. The molecule has 1 saturated carbocycles. The van der Waals surface area contributed by atoms with Crippen molar-refractivity contribution in [2.45, 2.75) is 59.5 Å². The van der Waals surface area contributed by atoms with Gasteiger partial charge in [-0.25, -0.2) is 4.79 Å². The standard InChI is InChI=1S/C19H33NO2/c1-7-14-13-15(17(9-3)16(14)8-2)11-10-12-20-18(21)22-19(4,5)6/h7,10-11,14-17H,1,8-9,12-13H2,2-6H3,(H,20,21)/b11-10-/t14-,15+,16-,17+/m0/s1. The first-order valence-electron chi connectivity index (χ1n) is 8.58. The van der Waals surface area contributed by atoms with Crippen LogP contribution in [0.25, 0.3) is 0 Å². The highest BCUT2D eigenvalue weighted by atomic mass is 16.6. The van der Waals surface area contributed by atoms with Crippen LogP contribution < -0.4 is 5.32 Å². The number of rotatable bonds is 6. The number of allylic oxidation sites excluding steroid dienone is 2. The van der Waals surface area contributed by atoms with Gasteiger partial charge >= 0.3 is 6.09 Å². The molecule has 126 valence electrons. The minimum atomic E-state index is -0.446. The molecule has 0 bridgehead atoms. The molecule has 0 saturated heterocycles. The van der Waals surface area contributed by atoms with Gasteiger partial charge in [-0.15, -0.1) is 6.58 Å². The smallest absolute Gasteiger partial charge is 0.407 e. The normalized spacial score (nSPS) is 28.8. The Kier molecular flexibility index (Phi) is 7.18. The summed E-state index contributed by atoms with van der Waals surface area (Å²) in [6.07, 6.45) is 9.72. The van der Waals surface area contributed by atoms with Gasteiger partial charge in [0.05, 0.1) is 0 Å². The number of ether oxygens (including phenoxy) is 1. The lowest BCUT2D eigenvalue weighted by atomic mass is 9.83. The highest BCUT2D eigenvalue weighted by Gasteiger charge is 2.38. The molecule has 0 aromatic rings. The summed E-state index contributed by atoms with van der Waals surface area (Å²) >= 11 is 0. The second-order valence-corrected chi connectivity index (χ2v) is 7.25. The molecule has 0 aromatic heterocycles. The third-order valence-electron chi connectivity index (χ3n) is 4.59. The van der Waals surface area contributed by atoms with Gasteiger partial charge in [-0.3, -0.25) is 0 Å². The molecule has 3 heteroatoms. The first kappa shape index (κ1) is 18.8. The summed E-state index contributed by atoms with van der Waals surface area (Å²) in [5.74, 6) is 2.70. The highest BCUT2D eigenvalue weighted by molar-refractivity contribution is 5.67. The van der Waals surface area contributed by atoms with E-state index >= 15 is 0 Å². The average molecular weight is 307 g/mol. The molecule has 22 heavy (non-hydrogen) atoms. The molecule has 0 unspecified atom stereocenters. The van der Waals surface area contributed by atoms with E-state index in [4.69, 9.17) is 4.74 Å². The summed E-state index contributed by atoms with van der Waals surface area (Å²) in [6.45, 7) is 14.7. The van der Waals surface area contributed by atoms with E-state index in [0.29, 0.717) is 18.4 Å². The molecule has 0 radical (unpaired) electrons. The minimum Gasteiger partial charge on any atom is -0.444 e. The molecule has 1 amide bonds. The fourth-order valence-electron chi connectivity index (χ4n) is 3.70. The number of hydrogen-bond acceptors (Lipinski definition) is 2. The average Bonchev–Trinajstić information content (AvgIpc) is 2.78. The van der Waals surface area contributed by atoms with Crippen LogP contribution in [0.1, 0.15) is 53.9 Å². The van der Waals surface area contributed by atoms with Crippen molar-refractivity contribution in [3.05, 3.63) is 24.8 Å². The molecule has 1 aliphatic carbocycles. The van der Waals surface area contributed by atoms with E-state index in [1.165, 1.54) is 19.3 Å². The zero-order valence-corrected chi connectivity index (χ0v) is 14.9. The molecule has 3 nitrogen and oxygen atoms in total. The Morgan fingerprint density at radius 2 is 1.82 bits per heavy atom. The van der Waals surface area contributed by atoms with Crippen molar-refractivity contribution in [2.75, 3.05) is 6.54 Å². The Hall–Kier alpha value is -1.25. The van der Waals surface area contributed by atoms with Crippen LogP contribution in [0.3, 0.4) is 0 Å². The van der Waals surface area contributed by atoms with E-state index in [-0.39, 0.29) is 6.09 Å². The number of carbonyl (C=O) groups is 1. The van der Waals surface area contributed by atoms with Gasteiger partial charge in [-0.2, -0.15) is 0 Å². The van der Waals surface area contributed by atoms with E-state index < -0.39 is 5.60 Å². The van der Waals surface area contributed by atoms with Gasteiger partial charge < -0.3 is 10.1 Å². The minimum absolute atomic E-state index is 0.356. The summed E-state index contributed by atoms with van der Waals surface area (Å²) in [5, 5.41) is 2.78. The number of hydrogen-bond donors (Lipinski definition) is 1. The Morgan fingerprint density at radius 3 is 2.32 bits per heavy atom. The second kappa shape index (κ2) is 8.40. The largest absolute Gasteiger partial charge is 0.444 e. The van der Waals surface area contributed by atoms with Gasteiger partial charge in [0.1, 0.15) is 5.60 Å². The van der Waals surface area contributed by atoms with Gasteiger partial charge in [0.15, 0.2) is 0 Å². The maximum atomic E-state index is 11.6. The number of alkyl carbamates (subject to hydrolysis) is 1. The molecule has 1 N–H and O–H groups in total. The molecule has 1 fully saturated rings. The van der Waals surface area contributed by atoms with Crippen molar-refractivity contribution in [3.63, 3.8) is 0 Å². The van der Waals surface area contributed by atoms with Crippen molar-refractivity contribution in [1.29, 1.82) is 0 Å². The maximum Gasteiger partial charge on any atom is 0.407 e. The Labute approximate surface area is 136 Å². The maximum absolute atomic E-state index is 11.6. The number of amides is 1. The predicted octanol–water partition coefficient (Wildman–Crippen LogP) is 4.94. The summed E-state index contributed by atoms with van der Waals surface area (Å²) < 4.78 is 5.22. The molecule has 0 aliphatic heterocycles. The summed E-state index contributed by atoms with van der Waals surface area (Å²) in [6, 6.07) is 0. The van der Waals surface area contributed by atoms with Crippen LogP contribution in [0.2, 0.25) is 0 Å². The first-order valence-corrected chi connectivity index (χ1v) is 8.58. The van der Waals surface area contributed by atoms with Crippen molar-refractivity contribution in [2.24, 2.45) is 23.7 Å². The van der Waals surface area contributed by atoms with Crippen LogP contribution in [0, 0.1) is 23.7 Å². The van der Waals surface area contributed by atoms with Gasteiger partial charge in [0, 0.05) is 6.54 Å². The fourth-order valence-corrected chi connectivity index (χ4v) is 3.70. The zero-order valence-electron chi connectivity index (χ0n) is 14.9. The lowest BCUT2D eigenvalue weighted by Crippen LogP contribution is -2.32. The van der Waals surface area contributed by atoms with Crippen molar-refractivity contribution in [3.8, 4) is 0 Å². The van der Waals surface area contributed by atoms with Crippen LogP contribution >= 0.6 is 0 Å². The van der Waals surface area contributed by atoms with Gasteiger partial charge in [-0.1, -0.05) is 44.9 Å². The van der Waals surface area contributed by atoms with E-state index in [2.05, 4.69) is 44.0 Å². The third-order valence-corrected chi connectivity index (χ3v) is 4.59. The molecule has 4 atom stereocenters.